The Kier molecular flexibility index (Phi) is 50.5. The minimum Gasteiger partial charge on any atom is -0.479 e. The number of aliphatic carboxylic acids is 1. The van der Waals surface area contributed by atoms with Gasteiger partial charge in [-0.2, -0.15) is 0 Å². The van der Waals surface area contributed by atoms with Crippen molar-refractivity contribution >= 4 is 23.9 Å². The van der Waals surface area contributed by atoms with Crippen LogP contribution >= 0.6 is 0 Å². The molecule has 0 aliphatic carbocycles. The molecule has 3 N–H and O–H groups in total. The zero-order valence-electron chi connectivity index (χ0n) is 50.2. The number of hydrogen-bond donors (Lipinski definition) is 3. The highest BCUT2D eigenvalue weighted by Gasteiger charge is 2.50. The molecule has 0 saturated carbocycles. The van der Waals surface area contributed by atoms with Gasteiger partial charge in [-0.05, 0) is 122 Å². The van der Waals surface area contributed by atoms with E-state index in [1.54, 1.807) is 0 Å². The van der Waals surface area contributed by atoms with Gasteiger partial charge >= 0.3 is 23.9 Å². The Hall–Kier alpha value is -5.14. The van der Waals surface area contributed by atoms with Gasteiger partial charge in [0.05, 0.1) is 6.61 Å². The fourth-order valence-electron chi connectivity index (χ4n) is 8.50. The maximum absolute atomic E-state index is 13.1. The van der Waals surface area contributed by atoms with E-state index in [2.05, 4.69) is 142 Å². The molecule has 81 heavy (non-hydrogen) atoms. The van der Waals surface area contributed by atoms with Crippen LogP contribution in [-0.4, -0.2) is 89.2 Å². The number of carbonyl (C=O) groups is 4. The van der Waals surface area contributed by atoms with Crippen LogP contribution in [0.25, 0.3) is 0 Å². The summed E-state index contributed by atoms with van der Waals surface area (Å²) in [6.45, 7) is 5.65. The van der Waals surface area contributed by atoms with Crippen molar-refractivity contribution in [1.82, 2.24) is 0 Å². The molecule has 1 rings (SSSR count). The maximum atomic E-state index is 13.1. The van der Waals surface area contributed by atoms with Gasteiger partial charge in [0.1, 0.15) is 18.8 Å². The Morgan fingerprint density at radius 2 is 0.802 bits per heavy atom. The van der Waals surface area contributed by atoms with Crippen molar-refractivity contribution in [3.05, 3.63) is 134 Å². The number of aliphatic hydroxyl groups is 2. The van der Waals surface area contributed by atoms with Gasteiger partial charge in [-0.15, -0.1) is 0 Å². The first-order valence-electron chi connectivity index (χ1n) is 31.2. The Bertz CT molecular complexity index is 1920. The fourth-order valence-corrected chi connectivity index (χ4v) is 8.50. The predicted molar refractivity (Wildman–Crippen MR) is 330 cm³/mol. The summed E-state index contributed by atoms with van der Waals surface area (Å²) in [5, 5.41) is 31.5. The molecular formula is C69H108O12. The molecule has 0 aromatic carbocycles. The van der Waals surface area contributed by atoms with E-state index in [0.717, 1.165) is 135 Å². The SMILES string of the molecule is CC/C=C\C/C=C\C/C=C\C/C=C\CCCCCCCCC(=O)OC1C(OCC(COC(=O)CCCCCCCC/C=C\C/C=C\C/C=C\CCCCC)OC(=O)CC/C=C\C/C=C\C/C=C\C/C=C\CC)OC(C(=O)O)C(O)C1O. The molecule has 1 heterocycles. The highest BCUT2D eigenvalue weighted by molar-refractivity contribution is 5.74. The molecule has 1 aliphatic rings. The van der Waals surface area contributed by atoms with Crippen LogP contribution in [0.3, 0.4) is 0 Å². The molecule has 12 heteroatoms. The maximum Gasteiger partial charge on any atom is 0.335 e. The van der Waals surface area contributed by atoms with Crippen LogP contribution in [0, 0.1) is 0 Å². The van der Waals surface area contributed by atoms with Crippen LogP contribution in [0.15, 0.2) is 134 Å². The van der Waals surface area contributed by atoms with Crippen LogP contribution in [0.2, 0.25) is 0 Å². The molecule has 0 radical (unpaired) electrons. The van der Waals surface area contributed by atoms with Crippen molar-refractivity contribution in [2.75, 3.05) is 13.2 Å². The van der Waals surface area contributed by atoms with Gasteiger partial charge in [0.2, 0.25) is 0 Å². The Morgan fingerprint density at radius 3 is 1.23 bits per heavy atom. The molecular weight excluding hydrogens is 1020 g/mol. The summed E-state index contributed by atoms with van der Waals surface area (Å²) in [4.78, 5) is 51.2. The Labute approximate surface area is 490 Å². The van der Waals surface area contributed by atoms with Gasteiger partial charge < -0.3 is 39.0 Å². The minimum atomic E-state index is -1.93. The van der Waals surface area contributed by atoms with Crippen molar-refractivity contribution in [2.45, 2.75) is 263 Å². The third-order valence-corrected chi connectivity index (χ3v) is 13.2. The number of carboxylic acids is 1. The lowest BCUT2D eigenvalue weighted by Gasteiger charge is -2.40. The summed E-state index contributed by atoms with van der Waals surface area (Å²) in [6, 6.07) is 0. The molecule has 0 spiro atoms. The summed E-state index contributed by atoms with van der Waals surface area (Å²) in [7, 11) is 0. The van der Waals surface area contributed by atoms with E-state index in [-0.39, 0.29) is 25.9 Å². The van der Waals surface area contributed by atoms with E-state index in [9.17, 15) is 34.5 Å². The van der Waals surface area contributed by atoms with E-state index in [1.807, 2.05) is 12.2 Å². The molecule has 12 nitrogen and oxygen atoms in total. The topological polar surface area (TPSA) is 175 Å². The summed E-state index contributed by atoms with van der Waals surface area (Å²) in [5.74, 6) is -3.28. The van der Waals surface area contributed by atoms with Gasteiger partial charge in [0.25, 0.3) is 0 Å². The Balaban J connectivity index is 2.71. The zero-order chi connectivity index (χ0) is 58.9. The third kappa shape index (κ3) is 45.1. The molecule has 0 aromatic heterocycles. The van der Waals surface area contributed by atoms with Gasteiger partial charge in [0.15, 0.2) is 24.6 Å². The molecule has 456 valence electrons. The molecule has 0 aromatic rings. The van der Waals surface area contributed by atoms with Gasteiger partial charge in [-0.1, -0.05) is 219 Å². The van der Waals surface area contributed by atoms with Gasteiger partial charge in [-0.3, -0.25) is 14.4 Å². The van der Waals surface area contributed by atoms with Gasteiger partial charge in [-0.25, -0.2) is 4.79 Å². The molecule has 1 fully saturated rings. The van der Waals surface area contributed by atoms with E-state index < -0.39 is 67.3 Å². The number of unbranched alkanes of at least 4 members (excludes halogenated alkanes) is 15. The average molecular weight is 1130 g/mol. The average Bonchev–Trinajstić information content (AvgIpc) is 3.54. The van der Waals surface area contributed by atoms with E-state index in [1.165, 1.54) is 25.7 Å². The molecule has 0 amide bonds. The number of esters is 3. The predicted octanol–water partition coefficient (Wildman–Crippen LogP) is 16.6. The van der Waals surface area contributed by atoms with E-state index in [4.69, 9.17) is 23.7 Å². The zero-order valence-corrected chi connectivity index (χ0v) is 50.2. The second-order valence-corrected chi connectivity index (χ2v) is 20.6. The summed E-state index contributed by atoms with van der Waals surface area (Å²) in [5.41, 5.74) is 0. The smallest absolute Gasteiger partial charge is 0.335 e. The highest BCUT2D eigenvalue weighted by atomic mass is 16.7. The number of ether oxygens (including phenoxy) is 5. The number of aliphatic hydroxyl groups excluding tert-OH is 2. The summed E-state index contributed by atoms with van der Waals surface area (Å²) < 4.78 is 28.4. The summed E-state index contributed by atoms with van der Waals surface area (Å²) >= 11 is 0. The highest BCUT2D eigenvalue weighted by Crippen LogP contribution is 2.26. The minimum absolute atomic E-state index is 0.0274. The first-order chi connectivity index (χ1) is 39.6. The first kappa shape index (κ1) is 73.9. The molecule has 1 aliphatic heterocycles. The number of allylic oxidation sites excluding steroid dienone is 22. The lowest BCUT2D eigenvalue weighted by molar-refractivity contribution is -0.301. The molecule has 6 atom stereocenters. The summed E-state index contributed by atoms with van der Waals surface area (Å²) in [6.07, 6.45) is 65.7. The molecule has 1 saturated heterocycles. The van der Waals surface area contributed by atoms with Crippen LogP contribution in [0.1, 0.15) is 226 Å². The van der Waals surface area contributed by atoms with Crippen molar-refractivity contribution in [3.63, 3.8) is 0 Å². The van der Waals surface area contributed by atoms with Crippen molar-refractivity contribution in [1.29, 1.82) is 0 Å². The van der Waals surface area contributed by atoms with Crippen LogP contribution in [0.5, 0.6) is 0 Å². The largest absolute Gasteiger partial charge is 0.479 e. The number of carboxylic acid groups (broad SMARTS) is 1. The first-order valence-corrected chi connectivity index (χ1v) is 31.2. The molecule has 0 bridgehead atoms. The second-order valence-electron chi connectivity index (χ2n) is 20.6. The van der Waals surface area contributed by atoms with E-state index in [0.29, 0.717) is 25.7 Å². The van der Waals surface area contributed by atoms with E-state index >= 15 is 0 Å². The fraction of sp³-hybridized carbons (Fsp3) is 0.623. The molecule has 6 unspecified atom stereocenters. The lowest BCUT2D eigenvalue weighted by Crippen LogP contribution is -2.61. The third-order valence-electron chi connectivity index (χ3n) is 13.2. The van der Waals surface area contributed by atoms with Crippen molar-refractivity contribution in [2.24, 2.45) is 0 Å². The van der Waals surface area contributed by atoms with Crippen molar-refractivity contribution < 1.29 is 58.2 Å². The van der Waals surface area contributed by atoms with Crippen LogP contribution in [-0.2, 0) is 42.9 Å². The normalized spacial score (nSPS) is 18.7. The van der Waals surface area contributed by atoms with Crippen LogP contribution in [0.4, 0.5) is 0 Å². The van der Waals surface area contributed by atoms with Crippen LogP contribution < -0.4 is 0 Å². The number of carbonyl (C=O) groups excluding carboxylic acids is 3. The monoisotopic (exact) mass is 1130 g/mol. The standard InChI is InChI=1S/C69H108O12/c1-4-7-10-13-16-19-22-25-27-29-31-33-35-38-40-43-46-49-52-55-61(70)77-58-60(79-62(71)56-53-50-47-44-41-37-24-21-18-15-12-9-6-3)59-78-69-67(65(74)64(73)66(81-69)68(75)76)80-63(72)57-54-51-48-45-42-39-36-34-32-30-28-26-23-20-17-14-11-8-5-2/h8-9,11-12,16-21,25-28,31-34,37,41,47,50,60,64-67,69,73-74H,4-7,10,13-15,22-24,29-30,35-36,38-40,42-46,48-49,51-59H2,1-3H3,(H,75,76)/b11-8-,12-9-,19-16-,20-17-,21-18-,27-25-,28-26-,33-31-,34-32-,41-37-,50-47-. The number of rotatable bonds is 51. The quantitative estimate of drug-likeness (QED) is 0.0228. The lowest BCUT2D eigenvalue weighted by atomic mass is 9.98. The second kappa shape index (κ2) is 55.4. The Morgan fingerprint density at radius 1 is 0.420 bits per heavy atom. The number of hydrogen-bond acceptors (Lipinski definition) is 11. The van der Waals surface area contributed by atoms with Gasteiger partial charge in [0, 0.05) is 19.3 Å². The van der Waals surface area contributed by atoms with Crippen molar-refractivity contribution in [3.8, 4) is 0 Å².